The molecule has 0 radical (unpaired) electrons. The first-order valence-corrected chi connectivity index (χ1v) is 6.17. The van der Waals surface area contributed by atoms with Crippen molar-refractivity contribution in [1.82, 2.24) is 15.0 Å². The highest BCUT2D eigenvalue weighted by molar-refractivity contribution is 5.23. The molecular weight excluding hydrogens is 224 g/mol. The van der Waals surface area contributed by atoms with Gasteiger partial charge in [-0.2, -0.15) is 0 Å². The van der Waals surface area contributed by atoms with Gasteiger partial charge in [-0.25, -0.2) is 4.68 Å². The van der Waals surface area contributed by atoms with E-state index >= 15 is 0 Å². The van der Waals surface area contributed by atoms with Crippen molar-refractivity contribution in [3.8, 4) is 0 Å². The van der Waals surface area contributed by atoms with Crippen LogP contribution in [0, 0.1) is 0 Å². The molecule has 18 heavy (non-hydrogen) atoms. The molecule has 0 atom stereocenters. The minimum absolute atomic E-state index is 0.0562. The van der Waals surface area contributed by atoms with E-state index in [0.717, 1.165) is 17.8 Å². The van der Waals surface area contributed by atoms with E-state index in [4.69, 9.17) is 5.73 Å². The van der Waals surface area contributed by atoms with Gasteiger partial charge in [-0.3, -0.25) is 0 Å². The number of nitrogens with zero attached hydrogens (tertiary/aromatic N) is 3. The quantitative estimate of drug-likeness (QED) is 0.899. The highest BCUT2D eigenvalue weighted by Crippen LogP contribution is 2.21. The van der Waals surface area contributed by atoms with Crippen molar-refractivity contribution >= 4 is 0 Å². The van der Waals surface area contributed by atoms with Crippen molar-refractivity contribution in [2.45, 2.75) is 39.3 Å². The second-order valence-electron chi connectivity index (χ2n) is 5.55. The van der Waals surface area contributed by atoms with Gasteiger partial charge in [0.15, 0.2) is 0 Å². The molecule has 0 amide bonds. The molecule has 1 aromatic heterocycles. The second kappa shape index (κ2) is 4.90. The number of hydrogen-bond donors (Lipinski definition) is 1. The third kappa shape index (κ3) is 2.76. The maximum absolute atomic E-state index is 5.59. The van der Waals surface area contributed by atoms with Gasteiger partial charge in [0, 0.05) is 12.0 Å². The van der Waals surface area contributed by atoms with E-state index in [9.17, 15) is 0 Å². The van der Waals surface area contributed by atoms with Gasteiger partial charge in [0.1, 0.15) is 0 Å². The predicted molar refractivity (Wildman–Crippen MR) is 72.2 cm³/mol. The second-order valence-corrected chi connectivity index (χ2v) is 5.55. The van der Waals surface area contributed by atoms with Crippen LogP contribution in [-0.2, 0) is 18.5 Å². The van der Waals surface area contributed by atoms with Gasteiger partial charge in [-0.15, -0.1) is 5.10 Å². The Hall–Kier alpha value is -1.68. The van der Waals surface area contributed by atoms with Crippen LogP contribution in [-0.4, -0.2) is 15.0 Å². The van der Waals surface area contributed by atoms with Crippen LogP contribution in [0.4, 0.5) is 0 Å². The van der Waals surface area contributed by atoms with Gasteiger partial charge in [0.2, 0.25) is 0 Å². The number of nitrogens with two attached hydrogens (primary N) is 1. The Morgan fingerprint density at radius 3 is 2.28 bits per heavy atom. The van der Waals surface area contributed by atoms with Crippen LogP contribution in [0.3, 0.4) is 0 Å². The minimum atomic E-state index is 0.0562. The van der Waals surface area contributed by atoms with Crippen molar-refractivity contribution < 1.29 is 0 Å². The third-order valence-electron chi connectivity index (χ3n) is 2.98. The third-order valence-corrected chi connectivity index (χ3v) is 2.98. The summed E-state index contributed by atoms with van der Waals surface area (Å²) in [4.78, 5) is 0. The van der Waals surface area contributed by atoms with Crippen LogP contribution < -0.4 is 5.73 Å². The fraction of sp³-hybridized carbons (Fsp3) is 0.429. The fourth-order valence-corrected chi connectivity index (χ4v) is 1.91. The molecule has 0 saturated heterocycles. The van der Waals surface area contributed by atoms with E-state index in [2.05, 4.69) is 55.3 Å². The molecule has 0 spiro atoms. The van der Waals surface area contributed by atoms with E-state index in [0.29, 0.717) is 6.54 Å². The monoisotopic (exact) mass is 244 g/mol. The minimum Gasteiger partial charge on any atom is -0.326 e. The van der Waals surface area contributed by atoms with Crippen molar-refractivity contribution in [2.24, 2.45) is 5.73 Å². The lowest BCUT2D eigenvalue weighted by Gasteiger charge is -2.19. The zero-order chi connectivity index (χ0) is 13.2. The van der Waals surface area contributed by atoms with Gasteiger partial charge in [0.05, 0.1) is 18.4 Å². The molecule has 96 valence electrons. The van der Waals surface area contributed by atoms with Crippen LogP contribution >= 0.6 is 0 Å². The first-order chi connectivity index (χ1) is 8.50. The van der Waals surface area contributed by atoms with Crippen molar-refractivity contribution in [3.05, 3.63) is 47.3 Å². The van der Waals surface area contributed by atoms with E-state index in [-0.39, 0.29) is 5.41 Å². The zero-order valence-corrected chi connectivity index (χ0v) is 11.2. The Balaban J connectivity index is 2.21. The summed E-state index contributed by atoms with van der Waals surface area (Å²) in [5.74, 6) is 0. The average Bonchev–Trinajstić information content (AvgIpc) is 2.78. The van der Waals surface area contributed by atoms with Crippen molar-refractivity contribution in [2.75, 3.05) is 0 Å². The summed E-state index contributed by atoms with van der Waals surface area (Å²) in [6, 6.07) is 8.30. The summed E-state index contributed by atoms with van der Waals surface area (Å²) in [6.07, 6.45) is 1.84. The lowest BCUT2D eigenvalue weighted by atomic mass is 9.92. The highest BCUT2D eigenvalue weighted by atomic mass is 15.4. The van der Waals surface area contributed by atoms with Gasteiger partial charge >= 0.3 is 0 Å². The summed E-state index contributed by atoms with van der Waals surface area (Å²) in [5.41, 5.74) is 9.15. The van der Waals surface area contributed by atoms with Crippen molar-refractivity contribution in [3.63, 3.8) is 0 Å². The van der Waals surface area contributed by atoms with Crippen LogP contribution in [0.1, 0.15) is 37.6 Å². The molecule has 2 N–H and O–H groups in total. The maximum Gasteiger partial charge on any atom is 0.0730 e. The summed E-state index contributed by atoms with van der Waals surface area (Å²) in [7, 11) is 0. The predicted octanol–water partition coefficient (Wildman–Crippen LogP) is 2.08. The Labute approximate surface area is 108 Å². The highest BCUT2D eigenvalue weighted by Gasteiger charge is 2.19. The Morgan fingerprint density at radius 1 is 1.11 bits per heavy atom. The molecule has 0 aliphatic rings. The van der Waals surface area contributed by atoms with E-state index in [1.165, 1.54) is 5.56 Å². The van der Waals surface area contributed by atoms with Gasteiger partial charge in [-0.05, 0) is 11.1 Å². The summed E-state index contributed by atoms with van der Waals surface area (Å²) >= 11 is 0. The molecule has 0 saturated carbocycles. The van der Waals surface area contributed by atoms with Crippen LogP contribution in [0.2, 0.25) is 0 Å². The van der Waals surface area contributed by atoms with E-state index in [1.807, 2.05) is 10.9 Å². The van der Waals surface area contributed by atoms with Crippen LogP contribution in [0.15, 0.2) is 30.5 Å². The number of benzene rings is 1. The average molecular weight is 244 g/mol. The molecule has 0 fully saturated rings. The first kappa shape index (κ1) is 12.8. The molecule has 1 aromatic carbocycles. The standard InChI is InChI=1S/C14H20N4/c1-14(2,3)13-9-16-17-18(13)10-12-6-4-11(8-15)5-7-12/h4-7,9H,8,10,15H2,1-3H3. The molecular formula is C14H20N4. The molecule has 0 unspecified atom stereocenters. The van der Waals surface area contributed by atoms with E-state index < -0.39 is 0 Å². The topological polar surface area (TPSA) is 56.7 Å². The van der Waals surface area contributed by atoms with Crippen LogP contribution in [0.5, 0.6) is 0 Å². The smallest absolute Gasteiger partial charge is 0.0730 e. The Kier molecular flexibility index (Phi) is 3.48. The van der Waals surface area contributed by atoms with Gasteiger partial charge in [-0.1, -0.05) is 50.3 Å². The molecule has 0 aliphatic heterocycles. The molecule has 0 bridgehead atoms. The van der Waals surface area contributed by atoms with Crippen LogP contribution in [0.25, 0.3) is 0 Å². The summed E-state index contributed by atoms with van der Waals surface area (Å²) < 4.78 is 1.96. The number of aromatic nitrogens is 3. The SMILES string of the molecule is CC(C)(C)c1cnnn1Cc1ccc(CN)cc1. The lowest BCUT2D eigenvalue weighted by molar-refractivity contribution is 0.501. The molecule has 0 aliphatic carbocycles. The Morgan fingerprint density at radius 2 is 1.72 bits per heavy atom. The zero-order valence-electron chi connectivity index (χ0n) is 11.2. The Bertz CT molecular complexity index is 505. The lowest BCUT2D eigenvalue weighted by Crippen LogP contribution is -2.19. The van der Waals surface area contributed by atoms with E-state index in [1.54, 1.807) is 0 Å². The largest absolute Gasteiger partial charge is 0.326 e. The van der Waals surface area contributed by atoms with Gasteiger partial charge < -0.3 is 5.73 Å². The molecule has 2 rings (SSSR count). The van der Waals surface area contributed by atoms with Gasteiger partial charge in [0.25, 0.3) is 0 Å². The fourth-order valence-electron chi connectivity index (χ4n) is 1.91. The number of hydrogen-bond acceptors (Lipinski definition) is 3. The molecule has 4 heteroatoms. The van der Waals surface area contributed by atoms with Crippen molar-refractivity contribution in [1.29, 1.82) is 0 Å². The normalized spacial score (nSPS) is 11.8. The molecule has 2 aromatic rings. The first-order valence-electron chi connectivity index (χ1n) is 6.17. The summed E-state index contributed by atoms with van der Waals surface area (Å²) in [6.45, 7) is 7.83. The summed E-state index contributed by atoms with van der Waals surface area (Å²) in [5, 5.41) is 8.17. The molecule has 1 heterocycles. The maximum atomic E-state index is 5.59. The molecule has 4 nitrogen and oxygen atoms in total. The number of rotatable bonds is 3.